The average molecular weight is 458 g/mol. The molecule has 1 heterocycles. The molecule has 1 aromatic heterocycles. The largest absolute Gasteiger partial charge is 0.497 e. The highest BCUT2D eigenvalue weighted by Gasteiger charge is 2.21. The molecule has 0 radical (unpaired) electrons. The van der Waals surface area contributed by atoms with Gasteiger partial charge in [-0.15, -0.1) is 11.8 Å². The maximum atomic E-state index is 13.3. The summed E-state index contributed by atoms with van der Waals surface area (Å²) in [5, 5.41) is 0.785. The Morgan fingerprint density at radius 3 is 2.39 bits per heavy atom. The van der Waals surface area contributed by atoms with Crippen LogP contribution in [0.4, 0.5) is 5.13 Å². The summed E-state index contributed by atoms with van der Waals surface area (Å²) in [5.41, 5.74) is 3.44. The molecule has 0 atom stereocenters. The molecule has 7 heteroatoms. The Morgan fingerprint density at radius 2 is 1.74 bits per heavy atom. The summed E-state index contributed by atoms with van der Waals surface area (Å²) >= 11 is 3.14. The van der Waals surface area contributed by atoms with E-state index in [0.717, 1.165) is 45.6 Å². The van der Waals surface area contributed by atoms with Crippen LogP contribution < -0.4 is 9.64 Å². The number of ether oxygens (including phenoxy) is 1. The number of carbonyl (C=O) groups excluding carboxylic acids is 1. The Bertz CT molecular complexity index is 975. The molecule has 0 saturated heterocycles. The predicted octanol–water partition coefficient (Wildman–Crippen LogP) is 5.39. The second-order valence-electron chi connectivity index (χ2n) is 7.44. The Morgan fingerprint density at radius 1 is 1.06 bits per heavy atom. The zero-order chi connectivity index (χ0) is 22.4. The van der Waals surface area contributed by atoms with Crippen LogP contribution in [0.2, 0.25) is 0 Å². The molecule has 0 aliphatic heterocycles. The van der Waals surface area contributed by atoms with Crippen molar-refractivity contribution < 1.29 is 9.53 Å². The molecule has 5 nitrogen and oxygen atoms in total. The van der Waals surface area contributed by atoms with Gasteiger partial charge in [-0.1, -0.05) is 25.2 Å². The van der Waals surface area contributed by atoms with Crippen LogP contribution in [0, 0.1) is 13.8 Å². The number of likely N-dealkylation sites (N-methyl/N-ethyl adjacent to an activating group) is 1. The molecule has 3 rings (SSSR count). The number of rotatable bonds is 10. The van der Waals surface area contributed by atoms with Crippen LogP contribution in [0.5, 0.6) is 5.75 Å². The predicted molar refractivity (Wildman–Crippen MR) is 133 cm³/mol. The van der Waals surface area contributed by atoms with Crippen LogP contribution >= 0.6 is 23.1 Å². The summed E-state index contributed by atoms with van der Waals surface area (Å²) in [4.78, 5) is 23.3. The number of amides is 1. The van der Waals surface area contributed by atoms with Crippen molar-refractivity contribution in [3.05, 3.63) is 47.5 Å². The van der Waals surface area contributed by atoms with E-state index in [-0.39, 0.29) is 5.91 Å². The second kappa shape index (κ2) is 11.0. The van der Waals surface area contributed by atoms with Crippen LogP contribution in [0.1, 0.15) is 25.0 Å². The summed E-state index contributed by atoms with van der Waals surface area (Å²) in [6.45, 7) is 11.9. The van der Waals surface area contributed by atoms with E-state index < -0.39 is 0 Å². The maximum Gasteiger partial charge on any atom is 0.239 e. The van der Waals surface area contributed by atoms with Crippen LogP contribution in [0.3, 0.4) is 0 Å². The van der Waals surface area contributed by atoms with Gasteiger partial charge in [0.1, 0.15) is 5.75 Å². The number of nitrogens with zero attached hydrogens (tertiary/aromatic N) is 3. The van der Waals surface area contributed by atoms with Gasteiger partial charge in [0.15, 0.2) is 5.13 Å². The van der Waals surface area contributed by atoms with Crippen LogP contribution in [-0.2, 0) is 4.79 Å². The highest BCUT2D eigenvalue weighted by atomic mass is 32.2. The summed E-state index contributed by atoms with van der Waals surface area (Å²) in [6.07, 6.45) is 0. The first-order valence-electron chi connectivity index (χ1n) is 10.6. The smallest absolute Gasteiger partial charge is 0.239 e. The van der Waals surface area contributed by atoms with E-state index in [1.165, 1.54) is 11.1 Å². The van der Waals surface area contributed by atoms with Gasteiger partial charge in [0, 0.05) is 18.0 Å². The van der Waals surface area contributed by atoms with E-state index in [4.69, 9.17) is 9.72 Å². The first-order valence-corrected chi connectivity index (χ1v) is 12.4. The summed E-state index contributed by atoms with van der Waals surface area (Å²) in [5.74, 6) is 1.27. The van der Waals surface area contributed by atoms with Gasteiger partial charge in [-0.2, -0.15) is 0 Å². The molecule has 1 amide bonds. The second-order valence-corrected chi connectivity index (χ2v) is 9.49. The van der Waals surface area contributed by atoms with E-state index in [0.29, 0.717) is 12.3 Å². The molecule has 0 aliphatic rings. The van der Waals surface area contributed by atoms with Crippen molar-refractivity contribution in [3.63, 3.8) is 0 Å². The highest BCUT2D eigenvalue weighted by molar-refractivity contribution is 8.00. The number of aryl methyl sites for hydroxylation is 2. The van der Waals surface area contributed by atoms with Crippen molar-refractivity contribution in [1.82, 2.24) is 9.88 Å². The lowest BCUT2D eigenvalue weighted by molar-refractivity contribution is -0.116. The molecule has 166 valence electrons. The third-order valence-corrected chi connectivity index (χ3v) is 7.52. The molecule has 0 N–H and O–H groups in total. The zero-order valence-corrected chi connectivity index (χ0v) is 20.6. The number of carbonyl (C=O) groups is 1. The minimum absolute atomic E-state index is 0.0838. The Balaban J connectivity index is 1.80. The molecule has 0 fully saturated rings. The Labute approximate surface area is 193 Å². The van der Waals surface area contributed by atoms with Gasteiger partial charge in [0.2, 0.25) is 5.91 Å². The third-order valence-electron chi connectivity index (χ3n) is 5.48. The molecule has 2 aromatic carbocycles. The van der Waals surface area contributed by atoms with Gasteiger partial charge in [-0.25, -0.2) is 4.98 Å². The van der Waals surface area contributed by atoms with Crippen molar-refractivity contribution in [3.8, 4) is 5.75 Å². The van der Waals surface area contributed by atoms with Crippen molar-refractivity contribution in [2.45, 2.75) is 32.6 Å². The van der Waals surface area contributed by atoms with Crippen molar-refractivity contribution in [2.75, 3.05) is 43.9 Å². The molecular weight excluding hydrogens is 426 g/mol. The van der Waals surface area contributed by atoms with E-state index in [2.05, 4.69) is 44.7 Å². The molecule has 0 unspecified atom stereocenters. The number of methoxy groups -OCH3 is 1. The lowest BCUT2D eigenvalue weighted by Crippen LogP contribution is -2.39. The Kier molecular flexibility index (Phi) is 8.35. The fourth-order valence-electron chi connectivity index (χ4n) is 3.29. The topological polar surface area (TPSA) is 45.7 Å². The van der Waals surface area contributed by atoms with E-state index >= 15 is 0 Å². The average Bonchev–Trinajstić information content (AvgIpc) is 3.18. The number of aromatic nitrogens is 1. The molecule has 0 aliphatic carbocycles. The fraction of sp³-hybridized carbons (Fsp3) is 0.417. The van der Waals surface area contributed by atoms with E-state index in [1.54, 1.807) is 30.2 Å². The van der Waals surface area contributed by atoms with Crippen molar-refractivity contribution >= 4 is 44.4 Å². The van der Waals surface area contributed by atoms with Gasteiger partial charge in [0.25, 0.3) is 0 Å². The highest BCUT2D eigenvalue weighted by Crippen LogP contribution is 2.31. The zero-order valence-electron chi connectivity index (χ0n) is 19.0. The number of thiazole rings is 1. The molecule has 0 bridgehead atoms. The quantitative estimate of drug-likeness (QED) is 0.382. The number of hydrogen-bond acceptors (Lipinski definition) is 6. The maximum absolute atomic E-state index is 13.3. The number of fused-ring (bicyclic) bond motifs is 1. The fourth-order valence-corrected chi connectivity index (χ4v) is 5.15. The standard InChI is InChI=1S/C24H31N3O2S2/c1-6-26(7-2)12-13-27(23(28)16-30-20-10-8-19(29-5)9-11-20)24-25-21-14-17(3)18(4)15-22(21)31-24/h8-11,14-15H,6-7,12-13,16H2,1-5H3. The first kappa shape index (κ1) is 23.6. The lowest BCUT2D eigenvalue weighted by Gasteiger charge is -2.24. The minimum atomic E-state index is 0.0838. The SMILES string of the molecule is CCN(CC)CCN(C(=O)CSc1ccc(OC)cc1)c1nc2cc(C)c(C)cc2s1. The van der Waals surface area contributed by atoms with Crippen molar-refractivity contribution in [1.29, 1.82) is 0 Å². The number of anilines is 1. The summed E-state index contributed by atoms with van der Waals surface area (Å²) in [7, 11) is 1.65. The van der Waals surface area contributed by atoms with E-state index in [1.807, 2.05) is 29.2 Å². The lowest BCUT2D eigenvalue weighted by atomic mass is 10.1. The third kappa shape index (κ3) is 5.99. The van der Waals surface area contributed by atoms with Crippen molar-refractivity contribution in [2.24, 2.45) is 0 Å². The van der Waals surface area contributed by atoms with Crippen LogP contribution in [0.25, 0.3) is 10.2 Å². The minimum Gasteiger partial charge on any atom is -0.497 e. The normalized spacial score (nSPS) is 11.3. The monoisotopic (exact) mass is 457 g/mol. The molecular formula is C24H31N3O2S2. The van der Waals surface area contributed by atoms with Gasteiger partial charge < -0.3 is 9.64 Å². The molecule has 0 spiro atoms. The Hall–Kier alpha value is -2.09. The van der Waals surface area contributed by atoms with Gasteiger partial charge in [-0.3, -0.25) is 9.69 Å². The molecule has 31 heavy (non-hydrogen) atoms. The van der Waals surface area contributed by atoms with Gasteiger partial charge in [0.05, 0.1) is 23.1 Å². The van der Waals surface area contributed by atoms with Gasteiger partial charge >= 0.3 is 0 Å². The summed E-state index contributed by atoms with van der Waals surface area (Å²) < 4.78 is 6.34. The van der Waals surface area contributed by atoms with Gasteiger partial charge in [-0.05, 0) is 74.5 Å². The van der Waals surface area contributed by atoms with Crippen LogP contribution in [-0.4, -0.2) is 54.8 Å². The number of thioether (sulfide) groups is 1. The first-order chi connectivity index (χ1) is 14.9. The number of hydrogen-bond donors (Lipinski definition) is 0. The van der Waals surface area contributed by atoms with Crippen LogP contribution in [0.15, 0.2) is 41.3 Å². The molecule has 0 saturated carbocycles. The van der Waals surface area contributed by atoms with E-state index in [9.17, 15) is 4.79 Å². The number of benzene rings is 2. The summed E-state index contributed by atoms with van der Waals surface area (Å²) in [6, 6.07) is 12.1. The molecule has 3 aromatic rings.